The van der Waals surface area contributed by atoms with E-state index < -0.39 is 35.0 Å². The van der Waals surface area contributed by atoms with E-state index in [0.29, 0.717) is 43.0 Å². The van der Waals surface area contributed by atoms with Crippen molar-refractivity contribution in [3.8, 4) is 11.5 Å². The van der Waals surface area contributed by atoms with E-state index in [1.54, 1.807) is 67.1 Å². The molecule has 1 unspecified atom stereocenters. The Balaban J connectivity index is 1.29. The topological polar surface area (TPSA) is 130 Å². The Bertz CT molecular complexity index is 1970. The second-order valence-electron chi connectivity index (χ2n) is 12.2. The molecule has 5 heterocycles. The highest BCUT2D eigenvalue weighted by molar-refractivity contribution is 5.92. The molecule has 1 saturated heterocycles. The molecule has 3 aromatic heterocycles. The van der Waals surface area contributed by atoms with Gasteiger partial charge in [-0.05, 0) is 66.9 Å². The van der Waals surface area contributed by atoms with Crippen molar-refractivity contribution in [1.29, 1.82) is 0 Å². The monoisotopic (exact) mass is 642 g/mol. The number of piperidine rings is 1. The van der Waals surface area contributed by atoms with Crippen LogP contribution < -0.4 is 9.47 Å². The fourth-order valence-electron chi connectivity index (χ4n) is 7.94. The van der Waals surface area contributed by atoms with Crippen LogP contribution in [0.5, 0.6) is 11.5 Å². The maximum absolute atomic E-state index is 14.0. The molecule has 2 aliphatic carbocycles. The summed E-state index contributed by atoms with van der Waals surface area (Å²) in [6.07, 6.45) is 13.1. The number of nitrogens with zero attached hydrogens (tertiary/aromatic N) is 4. The van der Waals surface area contributed by atoms with Crippen LogP contribution in [0.25, 0.3) is 0 Å². The van der Waals surface area contributed by atoms with Crippen molar-refractivity contribution in [3.05, 3.63) is 138 Å². The van der Waals surface area contributed by atoms with Gasteiger partial charge < -0.3 is 18.9 Å². The lowest BCUT2D eigenvalue weighted by Crippen LogP contribution is -2.76. The number of hydrogen-bond acceptors (Lipinski definition) is 11. The highest BCUT2D eigenvalue weighted by Crippen LogP contribution is 2.67. The molecular weight excluding hydrogens is 612 g/mol. The molecule has 11 nitrogen and oxygen atoms in total. The van der Waals surface area contributed by atoms with Gasteiger partial charge in [0, 0.05) is 62.3 Å². The summed E-state index contributed by atoms with van der Waals surface area (Å²) >= 11 is 0. The van der Waals surface area contributed by atoms with E-state index in [0.717, 1.165) is 11.1 Å². The zero-order valence-corrected chi connectivity index (χ0v) is 25.8. The smallest absolute Gasteiger partial charge is 0.345 e. The van der Waals surface area contributed by atoms with Gasteiger partial charge in [0.1, 0.15) is 11.4 Å². The minimum Gasteiger partial charge on any atom is -0.477 e. The first kappa shape index (κ1) is 29.7. The van der Waals surface area contributed by atoms with E-state index in [1.165, 1.54) is 18.6 Å². The first-order valence-corrected chi connectivity index (χ1v) is 15.7. The lowest BCUT2D eigenvalue weighted by Gasteiger charge is -2.63. The highest BCUT2D eigenvalue weighted by atomic mass is 16.6. The molecular formula is C37H30N4O7. The second-order valence-corrected chi connectivity index (χ2v) is 12.2. The lowest BCUT2D eigenvalue weighted by atomic mass is 9.50. The fourth-order valence-corrected chi connectivity index (χ4v) is 7.94. The van der Waals surface area contributed by atoms with Gasteiger partial charge >= 0.3 is 17.9 Å². The van der Waals surface area contributed by atoms with Crippen LogP contribution in [0, 0.1) is 0 Å². The van der Waals surface area contributed by atoms with Crippen LogP contribution in [0.15, 0.2) is 110 Å². The Morgan fingerprint density at radius 3 is 2.17 bits per heavy atom. The number of aromatic nitrogens is 3. The number of ether oxygens (including phenoxy) is 4. The largest absolute Gasteiger partial charge is 0.477 e. The third kappa shape index (κ3) is 4.45. The van der Waals surface area contributed by atoms with Gasteiger partial charge in [-0.3, -0.25) is 19.9 Å². The third-order valence-electron chi connectivity index (χ3n) is 9.89. The molecule has 1 fully saturated rings. The number of benzene rings is 1. The predicted octanol–water partition coefficient (Wildman–Crippen LogP) is 4.65. The minimum atomic E-state index is -1.15. The van der Waals surface area contributed by atoms with Crippen molar-refractivity contribution in [2.75, 3.05) is 13.1 Å². The molecule has 240 valence electrons. The molecule has 0 radical (unpaired) electrons. The van der Waals surface area contributed by atoms with Crippen LogP contribution in [-0.2, 0) is 21.3 Å². The molecule has 4 aliphatic rings. The number of pyridine rings is 3. The van der Waals surface area contributed by atoms with Crippen molar-refractivity contribution in [2.45, 2.75) is 42.4 Å². The van der Waals surface area contributed by atoms with E-state index in [9.17, 15) is 14.4 Å². The Morgan fingerprint density at radius 2 is 1.54 bits per heavy atom. The van der Waals surface area contributed by atoms with Gasteiger partial charge in [0.05, 0.1) is 28.1 Å². The van der Waals surface area contributed by atoms with Crippen LogP contribution in [0.1, 0.15) is 55.0 Å². The van der Waals surface area contributed by atoms with Gasteiger partial charge in [-0.1, -0.05) is 12.1 Å². The molecule has 2 bridgehead atoms. The molecule has 1 aromatic carbocycles. The van der Waals surface area contributed by atoms with Crippen molar-refractivity contribution in [3.63, 3.8) is 0 Å². The lowest BCUT2D eigenvalue weighted by molar-refractivity contribution is -0.169. The van der Waals surface area contributed by atoms with Crippen LogP contribution in [0.4, 0.5) is 0 Å². The van der Waals surface area contributed by atoms with E-state index in [1.807, 2.05) is 12.1 Å². The number of carbonyl (C=O) groups is 3. The van der Waals surface area contributed by atoms with Gasteiger partial charge in [-0.25, -0.2) is 14.4 Å². The first-order chi connectivity index (χ1) is 23.4. The maximum Gasteiger partial charge on any atom is 0.345 e. The van der Waals surface area contributed by atoms with Crippen molar-refractivity contribution in [2.24, 2.45) is 0 Å². The number of likely N-dealkylation sites (tertiary alicyclic amines) is 1. The third-order valence-corrected chi connectivity index (χ3v) is 9.89. The number of rotatable bonds is 8. The Kier molecular flexibility index (Phi) is 7.14. The second kappa shape index (κ2) is 11.5. The summed E-state index contributed by atoms with van der Waals surface area (Å²) < 4.78 is 25.6. The summed E-state index contributed by atoms with van der Waals surface area (Å²) in [5, 5.41) is 0. The van der Waals surface area contributed by atoms with Gasteiger partial charge in [-0.15, -0.1) is 6.58 Å². The van der Waals surface area contributed by atoms with Crippen molar-refractivity contribution < 1.29 is 33.3 Å². The van der Waals surface area contributed by atoms with Gasteiger partial charge in [0.15, 0.2) is 17.6 Å². The van der Waals surface area contributed by atoms with Gasteiger partial charge in [-0.2, -0.15) is 0 Å². The molecule has 4 atom stereocenters. The summed E-state index contributed by atoms with van der Waals surface area (Å²) in [7, 11) is 0. The first-order valence-electron chi connectivity index (χ1n) is 15.7. The van der Waals surface area contributed by atoms with Crippen LogP contribution in [0.3, 0.4) is 0 Å². The standard InChI is InChI=1S/C37H30N4O7/c1-2-17-41-18-13-36-30-23-9-10-27(45-33(42)24-6-3-14-38-20-24)31(30)47-32(36)28(46-34(43)25-7-4-15-39-21-25)11-12-37(36,29(41)19-23)48-35(44)26-8-5-16-40-22-26/h2-11,14-16,20-22,29,32H,1,12-13,17-19H2/t29-,32?,36+,37-/m1/s1. The van der Waals surface area contributed by atoms with Crippen molar-refractivity contribution >= 4 is 17.9 Å². The summed E-state index contributed by atoms with van der Waals surface area (Å²) in [4.78, 5) is 55.2. The van der Waals surface area contributed by atoms with E-state index in [2.05, 4.69) is 26.4 Å². The van der Waals surface area contributed by atoms with Crippen LogP contribution in [0.2, 0.25) is 0 Å². The zero-order chi connectivity index (χ0) is 32.9. The van der Waals surface area contributed by atoms with E-state index in [-0.39, 0.29) is 29.3 Å². The number of hydrogen-bond donors (Lipinski definition) is 0. The molecule has 48 heavy (non-hydrogen) atoms. The Labute approximate surface area is 275 Å². The molecule has 2 aliphatic heterocycles. The van der Waals surface area contributed by atoms with Gasteiger partial charge in [0.25, 0.3) is 0 Å². The minimum absolute atomic E-state index is 0.212. The van der Waals surface area contributed by atoms with Gasteiger partial charge in [0.2, 0.25) is 0 Å². The quantitative estimate of drug-likeness (QED) is 0.151. The van der Waals surface area contributed by atoms with Crippen LogP contribution in [-0.4, -0.2) is 68.6 Å². The molecule has 0 amide bonds. The average molecular weight is 643 g/mol. The highest BCUT2D eigenvalue weighted by Gasteiger charge is 2.75. The predicted molar refractivity (Wildman–Crippen MR) is 170 cm³/mol. The number of carbonyl (C=O) groups excluding carboxylic acids is 3. The molecule has 8 rings (SSSR count). The normalized spacial score (nSPS) is 24.7. The Hall–Kier alpha value is -5.68. The molecule has 1 spiro atoms. The Morgan fingerprint density at radius 1 is 0.896 bits per heavy atom. The van der Waals surface area contributed by atoms with E-state index >= 15 is 0 Å². The summed E-state index contributed by atoms with van der Waals surface area (Å²) in [5.41, 5.74) is 0.489. The summed E-state index contributed by atoms with van der Waals surface area (Å²) in [5.74, 6) is -0.850. The molecule has 0 N–H and O–H groups in total. The van der Waals surface area contributed by atoms with Crippen LogP contribution >= 0.6 is 0 Å². The zero-order valence-electron chi connectivity index (χ0n) is 25.8. The van der Waals surface area contributed by atoms with E-state index in [4.69, 9.17) is 18.9 Å². The summed E-state index contributed by atoms with van der Waals surface area (Å²) in [6, 6.07) is 13.3. The SMILES string of the molecule is C=CCN1CC[C@]23c4c5ccc(OC(=O)c6cccnc6)c4OC2C(OC(=O)c2cccnc2)=CC[C@@]3(OC(=O)c2cccnc2)[C@H]1C5. The molecule has 11 heteroatoms. The summed E-state index contributed by atoms with van der Waals surface area (Å²) in [6.45, 7) is 5.20. The molecule has 0 saturated carbocycles. The fraction of sp³-hybridized carbons (Fsp3) is 0.243. The molecule has 4 aromatic rings. The average Bonchev–Trinajstić information content (AvgIpc) is 3.48. The number of esters is 3. The van der Waals surface area contributed by atoms with Crippen molar-refractivity contribution in [1.82, 2.24) is 19.9 Å². The maximum atomic E-state index is 14.0.